The highest BCUT2D eigenvalue weighted by molar-refractivity contribution is 5.90. The molecule has 0 spiro atoms. The van der Waals surface area contributed by atoms with E-state index in [0.717, 1.165) is 6.42 Å². The number of urea groups is 1. The van der Waals surface area contributed by atoms with Gasteiger partial charge in [-0.3, -0.25) is 4.79 Å². The topological polar surface area (TPSA) is 78.4 Å². The van der Waals surface area contributed by atoms with E-state index >= 15 is 0 Å². The molecule has 1 aliphatic carbocycles. The molecule has 0 bridgehead atoms. The van der Waals surface area contributed by atoms with Gasteiger partial charge in [-0.05, 0) is 12.8 Å². The first-order chi connectivity index (χ1) is 9.84. The fourth-order valence-corrected chi connectivity index (χ4v) is 2.14. The van der Waals surface area contributed by atoms with Crippen molar-refractivity contribution in [3.8, 4) is 0 Å². The van der Waals surface area contributed by atoms with Gasteiger partial charge in [-0.15, -0.1) is 0 Å². The highest BCUT2D eigenvalue weighted by Gasteiger charge is 2.44. The molecule has 1 aromatic rings. The molecule has 1 aromatic carbocycles. The quantitative estimate of drug-likeness (QED) is 0.799. The molecule has 1 saturated carbocycles. The predicted octanol–water partition coefficient (Wildman–Crippen LogP) is 2.48. The molecule has 21 heavy (non-hydrogen) atoms. The van der Waals surface area contributed by atoms with Gasteiger partial charge in [0.25, 0.3) is 0 Å². The Balaban J connectivity index is 1.98. The minimum Gasteiger partial charge on any atom is -0.481 e. The molecular formula is C13H13F3N2O3. The summed E-state index contributed by atoms with van der Waals surface area (Å²) in [5.74, 6) is -4.62. The second kappa shape index (κ2) is 5.63. The highest BCUT2D eigenvalue weighted by atomic mass is 19.1. The molecule has 1 fully saturated rings. The summed E-state index contributed by atoms with van der Waals surface area (Å²) in [6, 6.07) is -0.0841. The van der Waals surface area contributed by atoms with Crippen LogP contribution < -0.4 is 10.6 Å². The van der Waals surface area contributed by atoms with Gasteiger partial charge in [-0.1, -0.05) is 6.42 Å². The normalized spacial score (nSPS) is 16.0. The lowest BCUT2D eigenvalue weighted by molar-refractivity contribution is -0.153. The molecule has 3 N–H and O–H groups in total. The van der Waals surface area contributed by atoms with Crippen LogP contribution in [0.15, 0.2) is 12.1 Å². The fraction of sp³-hybridized carbons (Fsp3) is 0.385. The number of hydrogen-bond acceptors (Lipinski definition) is 2. The number of benzene rings is 1. The first-order valence-electron chi connectivity index (χ1n) is 6.27. The van der Waals surface area contributed by atoms with Crippen LogP contribution in [-0.4, -0.2) is 23.7 Å². The smallest absolute Gasteiger partial charge is 0.319 e. The molecule has 1 aliphatic rings. The number of anilines is 1. The van der Waals surface area contributed by atoms with Gasteiger partial charge in [0.2, 0.25) is 0 Å². The minimum absolute atomic E-state index is 0.140. The van der Waals surface area contributed by atoms with Crippen LogP contribution in [0.2, 0.25) is 0 Å². The molecule has 8 heteroatoms. The number of nitrogens with one attached hydrogen (secondary N) is 2. The second-order valence-electron chi connectivity index (χ2n) is 4.99. The number of halogens is 3. The van der Waals surface area contributed by atoms with E-state index < -0.39 is 40.6 Å². The molecule has 114 valence electrons. The molecule has 0 aliphatic heterocycles. The Hall–Kier alpha value is -2.25. The van der Waals surface area contributed by atoms with Crippen LogP contribution in [0.1, 0.15) is 19.3 Å². The Morgan fingerprint density at radius 1 is 1.19 bits per heavy atom. The SMILES string of the molecule is O=C(NCC1(C(=O)O)CCC1)Nc1c(F)cc(F)cc1F. The molecule has 0 heterocycles. The van der Waals surface area contributed by atoms with Crippen LogP contribution in [-0.2, 0) is 4.79 Å². The maximum absolute atomic E-state index is 13.3. The van der Waals surface area contributed by atoms with Crippen molar-refractivity contribution in [1.29, 1.82) is 0 Å². The molecule has 0 saturated heterocycles. The fourth-order valence-electron chi connectivity index (χ4n) is 2.14. The number of aliphatic carboxylic acids is 1. The Morgan fingerprint density at radius 3 is 2.19 bits per heavy atom. The van der Waals surface area contributed by atoms with Crippen molar-refractivity contribution < 1.29 is 27.9 Å². The number of carbonyl (C=O) groups excluding carboxylic acids is 1. The molecule has 2 amide bonds. The van der Waals surface area contributed by atoms with Crippen molar-refractivity contribution in [2.75, 3.05) is 11.9 Å². The largest absolute Gasteiger partial charge is 0.481 e. The maximum Gasteiger partial charge on any atom is 0.319 e. The van der Waals surface area contributed by atoms with Crippen LogP contribution in [0.5, 0.6) is 0 Å². The van der Waals surface area contributed by atoms with Crippen molar-refractivity contribution in [2.24, 2.45) is 5.41 Å². The van der Waals surface area contributed by atoms with E-state index in [4.69, 9.17) is 5.11 Å². The Bertz CT molecular complexity index is 565. The average molecular weight is 302 g/mol. The highest BCUT2D eigenvalue weighted by Crippen LogP contribution is 2.40. The molecule has 5 nitrogen and oxygen atoms in total. The third-order valence-electron chi connectivity index (χ3n) is 3.60. The molecule has 0 atom stereocenters. The Labute approximate surface area is 118 Å². The summed E-state index contributed by atoms with van der Waals surface area (Å²) in [6.45, 7) is -0.140. The van der Waals surface area contributed by atoms with E-state index in [2.05, 4.69) is 5.32 Å². The number of carbonyl (C=O) groups is 2. The van der Waals surface area contributed by atoms with Crippen LogP contribution in [0.4, 0.5) is 23.7 Å². The average Bonchev–Trinajstić information content (AvgIpc) is 2.31. The molecule has 0 unspecified atom stereocenters. The molecular weight excluding hydrogens is 289 g/mol. The summed E-state index contributed by atoms with van der Waals surface area (Å²) in [7, 11) is 0. The lowest BCUT2D eigenvalue weighted by atomic mass is 9.69. The van der Waals surface area contributed by atoms with Gasteiger partial charge >= 0.3 is 12.0 Å². The zero-order chi connectivity index (χ0) is 15.6. The summed E-state index contributed by atoms with van der Waals surface area (Å²) in [5, 5.41) is 13.2. The van der Waals surface area contributed by atoms with Crippen LogP contribution >= 0.6 is 0 Å². The zero-order valence-corrected chi connectivity index (χ0v) is 10.9. The minimum atomic E-state index is -1.25. The van der Waals surface area contributed by atoms with E-state index in [-0.39, 0.29) is 6.54 Å². The van der Waals surface area contributed by atoms with Gasteiger partial charge in [0.05, 0.1) is 5.41 Å². The van der Waals surface area contributed by atoms with Crippen molar-refractivity contribution in [3.63, 3.8) is 0 Å². The van der Waals surface area contributed by atoms with Gasteiger partial charge in [0, 0.05) is 18.7 Å². The monoisotopic (exact) mass is 302 g/mol. The van der Waals surface area contributed by atoms with E-state index in [1.807, 2.05) is 5.32 Å². The van der Waals surface area contributed by atoms with E-state index in [1.54, 1.807) is 0 Å². The Kier molecular flexibility index (Phi) is 4.06. The second-order valence-corrected chi connectivity index (χ2v) is 4.99. The lowest BCUT2D eigenvalue weighted by Gasteiger charge is -2.37. The third kappa shape index (κ3) is 3.09. The van der Waals surface area contributed by atoms with Crippen molar-refractivity contribution >= 4 is 17.7 Å². The standard InChI is InChI=1S/C13H13F3N2O3/c14-7-4-8(15)10(9(16)5-7)18-12(21)17-6-13(11(19)20)2-1-3-13/h4-5H,1-3,6H2,(H,19,20)(H2,17,18,21). The molecule has 0 aromatic heterocycles. The summed E-state index contributed by atoms with van der Waals surface area (Å²) < 4.78 is 39.4. The summed E-state index contributed by atoms with van der Waals surface area (Å²) in [6.07, 6.45) is 1.61. The van der Waals surface area contributed by atoms with E-state index in [1.165, 1.54) is 0 Å². The lowest BCUT2D eigenvalue weighted by Crippen LogP contribution is -2.48. The van der Waals surface area contributed by atoms with Gasteiger partial charge < -0.3 is 15.7 Å². The molecule has 0 radical (unpaired) electrons. The first-order valence-corrected chi connectivity index (χ1v) is 6.27. The van der Waals surface area contributed by atoms with Crippen LogP contribution in [0.3, 0.4) is 0 Å². The first kappa shape index (κ1) is 15.1. The zero-order valence-electron chi connectivity index (χ0n) is 10.9. The Morgan fingerprint density at radius 2 is 1.76 bits per heavy atom. The number of carboxylic acid groups (broad SMARTS) is 1. The van der Waals surface area contributed by atoms with Gasteiger partial charge in [-0.25, -0.2) is 18.0 Å². The van der Waals surface area contributed by atoms with Crippen molar-refractivity contribution in [3.05, 3.63) is 29.6 Å². The van der Waals surface area contributed by atoms with Crippen LogP contribution in [0.25, 0.3) is 0 Å². The number of carboxylic acids is 1. The van der Waals surface area contributed by atoms with Gasteiger partial charge in [-0.2, -0.15) is 0 Å². The summed E-state index contributed by atoms with van der Waals surface area (Å²) >= 11 is 0. The number of amides is 2. The van der Waals surface area contributed by atoms with Crippen LogP contribution in [0, 0.1) is 22.9 Å². The van der Waals surface area contributed by atoms with E-state index in [0.29, 0.717) is 25.0 Å². The number of rotatable bonds is 4. The van der Waals surface area contributed by atoms with E-state index in [9.17, 15) is 22.8 Å². The summed E-state index contributed by atoms with van der Waals surface area (Å²) in [5.41, 5.74) is -1.80. The third-order valence-corrected chi connectivity index (χ3v) is 3.60. The summed E-state index contributed by atoms with van der Waals surface area (Å²) in [4.78, 5) is 22.7. The molecule has 2 rings (SSSR count). The predicted molar refractivity (Wildman–Crippen MR) is 67.3 cm³/mol. The van der Waals surface area contributed by atoms with Crippen molar-refractivity contribution in [1.82, 2.24) is 5.32 Å². The van der Waals surface area contributed by atoms with Crippen molar-refractivity contribution in [2.45, 2.75) is 19.3 Å². The number of hydrogen-bond donors (Lipinski definition) is 3. The maximum atomic E-state index is 13.3. The van der Waals surface area contributed by atoms with Gasteiger partial charge in [0.1, 0.15) is 11.5 Å². The van der Waals surface area contributed by atoms with Gasteiger partial charge in [0.15, 0.2) is 11.6 Å².